The minimum atomic E-state index is -0.419. The number of rotatable bonds is 4. The van der Waals surface area contributed by atoms with Gasteiger partial charge in [-0.05, 0) is 37.1 Å². The quantitative estimate of drug-likeness (QED) is 0.941. The lowest BCUT2D eigenvalue weighted by Crippen LogP contribution is -2.43. The molecule has 0 saturated heterocycles. The van der Waals surface area contributed by atoms with E-state index in [0.29, 0.717) is 13.0 Å². The number of hydrogen-bond acceptors (Lipinski definition) is 3. The fourth-order valence-corrected chi connectivity index (χ4v) is 2.86. The van der Waals surface area contributed by atoms with E-state index in [4.69, 9.17) is 0 Å². The van der Waals surface area contributed by atoms with E-state index in [-0.39, 0.29) is 11.7 Å². The second-order valence-corrected chi connectivity index (χ2v) is 5.95. The number of fused-ring (bicyclic) bond motifs is 1. The van der Waals surface area contributed by atoms with Crippen molar-refractivity contribution in [3.05, 3.63) is 59.7 Å². The van der Waals surface area contributed by atoms with E-state index in [1.807, 2.05) is 55.5 Å². The molecule has 0 radical (unpaired) electrons. The molecule has 0 aliphatic carbocycles. The van der Waals surface area contributed by atoms with Crippen molar-refractivity contribution >= 4 is 23.1 Å². The standard InChI is InChI=1S/C19H20N2O2/c1-13-8-9-17-16(12-13)20-18(15-6-4-3-5-7-15)19(23)21(17)11-10-14(2)22/h3-9,12,18,20H,10-11H2,1-2H3. The van der Waals surface area contributed by atoms with Crippen molar-refractivity contribution in [3.8, 4) is 0 Å². The van der Waals surface area contributed by atoms with Crippen LogP contribution in [0.1, 0.15) is 30.5 Å². The fourth-order valence-electron chi connectivity index (χ4n) is 2.86. The lowest BCUT2D eigenvalue weighted by atomic mass is 10.00. The van der Waals surface area contributed by atoms with Gasteiger partial charge in [-0.2, -0.15) is 0 Å². The third-order valence-electron chi connectivity index (χ3n) is 4.08. The van der Waals surface area contributed by atoms with Crippen LogP contribution in [0.2, 0.25) is 0 Å². The monoisotopic (exact) mass is 308 g/mol. The van der Waals surface area contributed by atoms with Gasteiger partial charge in [-0.25, -0.2) is 0 Å². The summed E-state index contributed by atoms with van der Waals surface area (Å²) in [4.78, 5) is 26.0. The molecule has 1 unspecified atom stereocenters. The molecule has 23 heavy (non-hydrogen) atoms. The van der Waals surface area contributed by atoms with Gasteiger partial charge in [0.05, 0.1) is 11.4 Å². The van der Waals surface area contributed by atoms with E-state index in [2.05, 4.69) is 5.32 Å². The molecule has 2 aromatic carbocycles. The molecule has 1 amide bonds. The van der Waals surface area contributed by atoms with Gasteiger partial charge < -0.3 is 10.2 Å². The van der Waals surface area contributed by atoms with Crippen LogP contribution in [-0.2, 0) is 9.59 Å². The van der Waals surface area contributed by atoms with Crippen molar-refractivity contribution in [3.63, 3.8) is 0 Å². The maximum Gasteiger partial charge on any atom is 0.254 e. The Hall–Kier alpha value is -2.62. The number of amides is 1. The van der Waals surface area contributed by atoms with Crippen molar-refractivity contribution in [1.29, 1.82) is 0 Å². The maximum atomic E-state index is 12.9. The summed E-state index contributed by atoms with van der Waals surface area (Å²) in [5, 5.41) is 3.35. The van der Waals surface area contributed by atoms with Crippen LogP contribution in [0.3, 0.4) is 0 Å². The van der Waals surface area contributed by atoms with E-state index < -0.39 is 6.04 Å². The number of aryl methyl sites for hydroxylation is 1. The van der Waals surface area contributed by atoms with Crippen LogP contribution in [0.4, 0.5) is 11.4 Å². The lowest BCUT2D eigenvalue weighted by Gasteiger charge is -2.35. The highest BCUT2D eigenvalue weighted by Gasteiger charge is 2.33. The summed E-state index contributed by atoms with van der Waals surface area (Å²) >= 11 is 0. The molecule has 1 N–H and O–H groups in total. The number of hydrogen-bond donors (Lipinski definition) is 1. The minimum Gasteiger partial charge on any atom is -0.368 e. The van der Waals surface area contributed by atoms with Gasteiger partial charge in [-0.3, -0.25) is 9.59 Å². The summed E-state index contributed by atoms with van der Waals surface area (Å²) in [6.07, 6.45) is 0.362. The topological polar surface area (TPSA) is 49.4 Å². The molecule has 3 rings (SSSR count). The molecule has 1 heterocycles. The number of ketones is 1. The third-order valence-corrected chi connectivity index (χ3v) is 4.08. The summed E-state index contributed by atoms with van der Waals surface area (Å²) in [5.74, 6) is 0.0649. The Morgan fingerprint density at radius 2 is 1.91 bits per heavy atom. The van der Waals surface area contributed by atoms with Crippen LogP contribution < -0.4 is 10.2 Å². The number of Topliss-reactive ketones (excluding diaryl/α,β-unsaturated/α-hetero) is 1. The van der Waals surface area contributed by atoms with Gasteiger partial charge in [0, 0.05) is 13.0 Å². The summed E-state index contributed by atoms with van der Waals surface area (Å²) in [5.41, 5.74) is 3.83. The second-order valence-electron chi connectivity index (χ2n) is 5.95. The highest BCUT2D eigenvalue weighted by Crippen LogP contribution is 2.37. The second kappa shape index (κ2) is 6.24. The summed E-state index contributed by atoms with van der Waals surface area (Å²) < 4.78 is 0. The SMILES string of the molecule is CC(=O)CCN1C(=O)C(c2ccccc2)Nc2cc(C)ccc21. The summed E-state index contributed by atoms with van der Waals surface area (Å²) in [7, 11) is 0. The minimum absolute atomic E-state index is 0.0196. The van der Waals surface area contributed by atoms with E-state index in [0.717, 1.165) is 22.5 Å². The van der Waals surface area contributed by atoms with Gasteiger partial charge in [0.15, 0.2) is 0 Å². The third kappa shape index (κ3) is 3.11. The van der Waals surface area contributed by atoms with E-state index in [9.17, 15) is 9.59 Å². The number of carbonyl (C=O) groups excluding carboxylic acids is 2. The van der Waals surface area contributed by atoms with Gasteiger partial charge in [-0.1, -0.05) is 36.4 Å². The molecule has 2 aromatic rings. The maximum absolute atomic E-state index is 12.9. The van der Waals surface area contributed by atoms with E-state index >= 15 is 0 Å². The average molecular weight is 308 g/mol. The van der Waals surface area contributed by atoms with Gasteiger partial charge in [0.2, 0.25) is 0 Å². The summed E-state index contributed by atoms with van der Waals surface area (Å²) in [6.45, 7) is 3.99. The molecule has 0 saturated carbocycles. The molecule has 0 fully saturated rings. The first kappa shape index (κ1) is 15.3. The zero-order valence-corrected chi connectivity index (χ0v) is 13.4. The molecular weight excluding hydrogens is 288 g/mol. The molecule has 4 nitrogen and oxygen atoms in total. The number of benzene rings is 2. The smallest absolute Gasteiger partial charge is 0.254 e. The van der Waals surface area contributed by atoms with E-state index in [1.165, 1.54) is 0 Å². The Kier molecular flexibility index (Phi) is 4.15. The Labute approximate surface area is 136 Å². The highest BCUT2D eigenvalue weighted by molar-refractivity contribution is 6.05. The van der Waals surface area contributed by atoms with Gasteiger partial charge in [0.1, 0.15) is 11.8 Å². The zero-order chi connectivity index (χ0) is 16.4. The summed E-state index contributed by atoms with van der Waals surface area (Å²) in [6, 6.07) is 15.2. The molecule has 0 spiro atoms. The van der Waals surface area contributed by atoms with Gasteiger partial charge in [0.25, 0.3) is 5.91 Å². The lowest BCUT2D eigenvalue weighted by molar-refractivity contribution is -0.120. The Morgan fingerprint density at radius 1 is 1.17 bits per heavy atom. The van der Waals surface area contributed by atoms with Crippen LogP contribution in [0.15, 0.2) is 48.5 Å². The molecular formula is C19H20N2O2. The molecule has 0 bridgehead atoms. The molecule has 0 aromatic heterocycles. The highest BCUT2D eigenvalue weighted by atomic mass is 16.2. The first-order valence-corrected chi connectivity index (χ1v) is 7.79. The molecule has 1 aliphatic heterocycles. The predicted octanol–water partition coefficient (Wildman–Crippen LogP) is 3.47. The van der Waals surface area contributed by atoms with Crippen LogP contribution in [0, 0.1) is 6.92 Å². The van der Waals surface area contributed by atoms with Crippen molar-refractivity contribution in [1.82, 2.24) is 0 Å². The predicted molar refractivity (Wildman–Crippen MR) is 91.6 cm³/mol. The van der Waals surface area contributed by atoms with E-state index in [1.54, 1.807) is 11.8 Å². The Balaban J connectivity index is 2.00. The van der Waals surface area contributed by atoms with Crippen molar-refractivity contribution in [2.24, 2.45) is 0 Å². The van der Waals surface area contributed by atoms with Crippen molar-refractivity contribution < 1.29 is 9.59 Å². The van der Waals surface area contributed by atoms with Crippen LogP contribution >= 0.6 is 0 Å². The average Bonchev–Trinajstić information content (AvgIpc) is 2.54. The van der Waals surface area contributed by atoms with Crippen LogP contribution in [0.25, 0.3) is 0 Å². The van der Waals surface area contributed by atoms with Crippen LogP contribution in [-0.4, -0.2) is 18.2 Å². The number of anilines is 2. The first-order valence-electron chi connectivity index (χ1n) is 7.79. The number of nitrogens with zero attached hydrogens (tertiary/aromatic N) is 1. The van der Waals surface area contributed by atoms with Crippen molar-refractivity contribution in [2.45, 2.75) is 26.3 Å². The first-order chi connectivity index (χ1) is 11.1. The number of nitrogens with one attached hydrogen (secondary N) is 1. The normalized spacial score (nSPS) is 16.7. The van der Waals surface area contributed by atoms with Crippen LogP contribution in [0.5, 0.6) is 0 Å². The molecule has 4 heteroatoms. The van der Waals surface area contributed by atoms with Gasteiger partial charge >= 0.3 is 0 Å². The van der Waals surface area contributed by atoms with Crippen molar-refractivity contribution in [2.75, 3.05) is 16.8 Å². The Bertz CT molecular complexity index is 740. The molecule has 1 aliphatic rings. The molecule has 1 atom stereocenters. The Morgan fingerprint density at radius 3 is 2.61 bits per heavy atom. The molecule has 118 valence electrons. The fraction of sp³-hybridized carbons (Fsp3) is 0.263. The number of carbonyl (C=O) groups is 2. The van der Waals surface area contributed by atoms with Gasteiger partial charge in [-0.15, -0.1) is 0 Å². The zero-order valence-electron chi connectivity index (χ0n) is 13.4. The largest absolute Gasteiger partial charge is 0.368 e.